The van der Waals surface area contributed by atoms with Crippen LogP contribution in [0.3, 0.4) is 0 Å². The average Bonchev–Trinajstić information content (AvgIpc) is 2.60. The van der Waals surface area contributed by atoms with Crippen LogP contribution >= 0.6 is 23.5 Å². The van der Waals surface area contributed by atoms with Crippen molar-refractivity contribution in [2.75, 3.05) is 25.1 Å². The number of aromatic nitrogens is 1. The molecule has 1 heterocycles. The summed E-state index contributed by atoms with van der Waals surface area (Å²) in [5, 5.41) is 14.0. The summed E-state index contributed by atoms with van der Waals surface area (Å²) in [6.07, 6.45) is 2.04. The summed E-state index contributed by atoms with van der Waals surface area (Å²) in [5.74, 6) is 0.483. The first-order valence-corrected chi connectivity index (χ1v) is 11.6. The van der Waals surface area contributed by atoms with E-state index in [0.717, 1.165) is 0 Å². The van der Waals surface area contributed by atoms with E-state index in [0.29, 0.717) is 29.6 Å². The first-order chi connectivity index (χ1) is 13.4. The van der Waals surface area contributed by atoms with Crippen LogP contribution in [-0.4, -0.2) is 35.5 Å². The molecular formula is C19H26BrF2N2O4P. The molecule has 1 aromatic carbocycles. The molecule has 29 heavy (non-hydrogen) atoms. The molecule has 10 heteroatoms. The van der Waals surface area contributed by atoms with Crippen molar-refractivity contribution in [2.45, 2.75) is 45.4 Å². The number of pyridine rings is 1. The number of halogens is 3. The highest BCUT2D eigenvalue weighted by Crippen LogP contribution is 2.67. The van der Waals surface area contributed by atoms with Gasteiger partial charge in [-0.25, -0.2) is 4.98 Å². The van der Waals surface area contributed by atoms with Gasteiger partial charge in [0.05, 0.1) is 18.8 Å². The van der Waals surface area contributed by atoms with Crippen LogP contribution in [0.1, 0.15) is 39.7 Å². The zero-order chi connectivity index (χ0) is 21.9. The van der Waals surface area contributed by atoms with Crippen LogP contribution in [0.4, 0.5) is 14.6 Å². The Bertz CT molecular complexity index is 896. The Labute approximate surface area is 177 Å². The SMILES string of the molecule is CCOP(=O)(OCC)C(F)(F)c1cc2cc(NCCC(C)(C)O)ncc2cc1Br. The molecule has 0 radical (unpaired) electrons. The zero-order valence-electron chi connectivity index (χ0n) is 16.8. The molecule has 0 aliphatic rings. The number of nitrogens with zero attached hydrogens (tertiary/aromatic N) is 1. The molecule has 2 aromatic rings. The number of anilines is 1. The fraction of sp³-hybridized carbons (Fsp3) is 0.526. The third kappa shape index (κ3) is 5.73. The van der Waals surface area contributed by atoms with E-state index in [1.165, 1.54) is 26.0 Å². The summed E-state index contributed by atoms with van der Waals surface area (Å²) < 4.78 is 53.0. The van der Waals surface area contributed by atoms with E-state index in [1.54, 1.807) is 26.1 Å². The Morgan fingerprint density at radius 1 is 1.17 bits per heavy atom. The molecule has 0 saturated carbocycles. The Hall–Kier alpha value is -1.12. The molecule has 162 valence electrons. The van der Waals surface area contributed by atoms with Crippen LogP contribution in [0, 0.1) is 0 Å². The van der Waals surface area contributed by atoms with Gasteiger partial charge in [-0.2, -0.15) is 8.78 Å². The Morgan fingerprint density at radius 3 is 2.34 bits per heavy atom. The maximum Gasteiger partial charge on any atom is 0.404 e. The van der Waals surface area contributed by atoms with Gasteiger partial charge < -0.3 is 19.5 Å². The minimum atomic E-state index is -4.72. The molecule has 0 fully saturated rings. The fourth-order valence-electron chi connectivity index (χ4n) is 2.68. The molecule has 0 spiro atoms. The van der Waals surface area contributed by atoms with Gasteiger partial charge in [-0.1, -0.05) is 15.9 Å². The van der Waals surface area contributed by atoms with Gasteiger partial charge in [0.25, 0.3) is 0 Å². The molecule has 1 aromatic heterocycles. The first kappa shape index (κ1) is 24.2. The van der Waals surface area contributed by atoms with E-state index in [1.807, 2.05) is 0 Å². The predicted molar refractivity (Wildman–Crippen MR) is 114 cm³/mol. The molecule has 0 saturated heterocycles. The zero-order valence-corrected chi connectivity index (χ0v) is 19.3. The molecule has 2 rings (SSSR count). The summed E-state index contributed by atoms with van der Waals surface area (Å²) >= 11 is 3.15. The Kier molecular flexibility index (Phi) is 7.79. The van der Waals surface area contributed by atoms with Crippen molar-refractivity contribution in [1.29, 1.82) is 0 Å². The van der Waals surface area contributed by atoms with Crippen LogP contribution in [0.25, 0.3) is 10.8 Å². The number of aliphatic hydroxyl groups is 1. The van der Waals surface area contributed by atoms with Crippen molar-refractivity contribution in [3.63, 3.8) is 0 Å². The number of rotatable bonds is 10. The van der Waals surface area contributed by atoms with Crippen LogP contribution in [0.15, 0.2) is 28.9 Å². The lowest BCUT2D eigenvalue weighted by Crippen LogP contribution is -2.22. The normalized spacial score (nSPS) is 13.1. The lowest BCUT2D eigenvalue weighted by atomic mass is 10.1. The first-order valence-electron chi connectivity index (χ1n) is 9.26. The molecule has 0 aliphatic carbocycles. The summed E-state index contributed by atoms with van der Waals surface area (Å²) in [7, 11) is -4.72. The minimum absolute atomic E-state index is 0.0826. The Balaban J connectivity index is 2.43. The minimum Gasteiger partial charge on any atom is -0.390 e. The van der Waals surface area contributed by atoms with Gasteiger partial charge in [0.1, 0.15) is 5.82 Å². The highest BCUT2D eigenvalue weighted by Gasteiger charge is 2.55. The third-order valence-corrected chi connectivity index (χ3v) is 6.90. The quantitative estimate of drug-likeness (QED) is 0.401. The molecule has 0 amide bonds. The van der Waals surface area contributed by atoms with E-state index in [-0.39, 0.29) is 17.7 Å². The van der Waals surface area contributed by atoms with Crippen molar-refractivity contribution in [1.82, 2.24) is 4.98 Å². The molecule has 6 nitrogen and oxygen atoms in total. The van der Waals surface area contributed by atoms with Crippen LogP contribution in [0.5, 0.6) is 0 Å². The predicted octanol–water partition coefficient (Wildman–Crippen LogP) is 5.89. The van der Waals surface area contributed by atoms with Gasteiger partial charge in [0.2, 0.25) is 0 Å². The van der Waals surface area contributed by atoms with Crippen LogP contribution in [0.2, 0.25) is 0 Å². The molecule has 0 aliphatic heterocycles. The molecule has 2 N–H and O–H groups in total. The highest BCUT2D eigenvalue weighted by molar-refractivity contribution is 9.10. The van der Waals surface area contributed by atoms with Crippen LogP contribution in [-0.2, 0) is 19.3 Å². The highest BCUT2D eigenvalue weighted by atomic mass is 79.9. The van der Waals surface area contributed by atoms with E-state index >= 15 is 8.78 Å². The standard InChI is InChI=1S/C19H26BrF2N2O4P/c1-5-27-29(26,28-6-2)19(21,22)15-9-13-11-17(23-8-7-18(3,4)25)24-12-14(13)10-16(15)20/h9-12,25H,5-8H2,1-4H3,(H,23,24). The number of hydrogen-bond donors (Lipinski definition) is 2. The van der Waals surface area contributed by atoms with Gasteiger partial charge in [-0.3, -0.25) is 4.57 Å². The number of nitrogens with one attached hydrogen (secondary N) is 1. The van der Waals surface area contributed by atoms with Gasteiger partial charge >= 0.3 is 13.3 Å². The summed E-state index contributed by atoms with van der Waals surface area (Å²) in [5.41, 5.74) is -5.16. The van der Waals surface area contributed by atoms with Gasteiger partial charge in [0.15, 0.2) is 0 Å². The van der Waals surface area contributed by atoms with Crippen molar-refractivity contribution < 1.29 is 27.5 Å². The monoisotopic (exact) mass is 494 g/mol. The largest absolute Gasteiger partial charge is 0.404 e. The van der Waals surface area contributed by atoms with Gasteiger partial charge in [0, 0.05) is 28.2 Å². The maximum absolute atomic E-state index is 15.2. The van der Waals surface area contributed by atoms with Crippen molar-refractivity contribution >= 4 is 40.1 Å². The topological polar surface area (TPSA) is 80.7 Å². The number of benzene rings is 1. The van der Waals surface area contributed by atoms with Crippen LogP contribution < -0.4 is 5.32 Å². The second kappa shape index (κ2) is 9.35. The van der Waals surface area contributed by atoms with Crippen molar-refractivity contribution in [3.05, 3.63) is 34.4 Å². The summed E-state index contributed by atoms with van der Waals surface area (Å²) in [4.78, 5) is 4.26. The second-order valence-corrected chi connectivity index (χ2v) is 10.0. The number of fused-ring (bicyclic) bond motifs is 1. The number of alkyl halides is 2. The average molecular weight is 495 g/mol. The van der Waals surface area contributed by atoms with Crippen molar-refractivity contribution in [2.24, 2.45) is 0 Å². The molecular weight excluding hydrogens is 469 g/mol. The lowest BCUT2D eigenvalue weighted by molar-refractivity contribution is 0.0356. The van der Waals surface area contributed by atoms with E-state index in [4.69, 9.17) is 9.05 Å². The Morgan fingerprint density at radius 2 is 1.79 bits per heavy atom. The summed E-state index contributed by atoms with van der Waals surface area (Å²) in [6.45, 7) is 6.48. The van der Waals surface area contributed by atoms with Gasteiger partial charge in [-0.15, -0.1) is 0 Å². The molecule has 0 bridgehead atoms. The van der Waals surface area contributed by atoms with Crippen molar-refractivity contribution in [3.8, 4) is 0 Å². The smallest absolute Gasteiger partial charge is 0.390 e. The second-order valence-electron chi connectivity index (χ2n) is 7.11. The van der Waals surface area contributed by atoms with E-state index in [9.17, 15) is 9.67 Å². The molecule has 0 atom stereocenters. The fourth-order valence-corrected chi connectivity index (χ4v) is 5.00. The van der Waals surface area contributed by atoms with E-state index < -0.39 is 24.4 Å². The molecule has 0 unspecified atom stereocenters. The summed E-state index contributed by atoms with van der Waals surface area (Å²) in [6, 6.07) is 4.37. The third-order valence-electron chi connectivity index (χ3n) is 4.12. The van der Waals surface area contributed by atoms with E-state index in [2.05, 4.69) is 26.2 Å². The van der Waals surface area contributed by atoms with Gasteiger partial charge in [-0.05, 0) is 57.7 Å². The lowest BCUT2D eigenvalue weighted by Gasteiger charge is -2.27. The maximum atomic E-state index is 15.2. The number of hydrogen-bond acceptors (Lipinski definition) is 6.